The van der Waals surface area contributed by atoms with E-state index in [0.717, 1.165) is 18.0 Å². The molecule has 2 rings (SSSR count). The lowest BCUT2D eigenvalue weighted by atomic mass is 10.2. The molecule has 0 fully saturated rings. The Bertz CT molecular complexity index is 380. The van der Waals surface area contributed by atoms with Gasteiger partial charge in [-0.2, -0.15) is 0 Å². The van der Waals surface area contributed by atoms with Crippen LogP contribution in [0.15, 0.2) is 23.1 Å². The molecule has 0 radical (unpaired) electrons. The van der Waals surface area contributed by atoms with Crippen molar-refractivity contribution in [3.63, 3.8) is 0 Å². The van der Waals surface area contributed by atoms with Crippen LogP contribution in [-0.4, -0.2) is 29.0 Å². The van der Waals surface area contributed by atoms with Crippen molar-refractivity contribution >= 4 is 16.8 Å². The van der Waals surface area contributed by atoms with Gasteiger partial charge in [0.25, 0.3) is 0 Å². The second kappa shape index (κ2) is 3.59. The Hall–Kier alpha value is -1.07. The quantitative estimate of drug-likeness (QED) is 0.645. The molecule has 0 amide bonds. The smallest absolute Gasteiger partial charge is 0.142 e. The summed E-state index contributed by atoms with van der Waals surface area (Å²) in [5.41, 5.74) is 0.831. The van der Waals surface area contributed by atoms with Gasteiger partial charge in [-0.25, -0.2) is 0 Å². The third-order valence-corrected chi connectivity index (χ3v) is 2.86. The first kappa shape index (κ1) is 9.48. The van der Waals surface area contributed by atoms with Crippen LogP contribution >= 0.6 is 0 Å². The van der Waals surface area contributed by atoms with Gasteiger partial charge in [0, 0.05) is 11.9 Å². The molecule has 1 aliphatic heterocycles. The summed E-state index contributed by atoms with van der Waals surface area (Å²) in [5, 5.41) is 0. The van der Waals surface area contributed by atoms with Crippen LogP contribution in [-0.2, 0) is 11.1 Å². The largest absolute Gasteiger partial charge is 0.768 e. The molecule has 0 aliphatic carbocycles. The monoisotopic (exact) mass is 212 g/mol. The van der Waals surface area contributed by atoms with E-state index in [9.17, 15) is 8.76 Å². The molecule has 0 saturated heterocycles. The molecule has 4 nitrogen and oxygen atoms in total. The Balaban J connectivity index is 2.45. The summed E-state index contributed by atoms with van der Waals surface area (Å²) < 4.78 is 26.9. The Kier molecular flexibility index (Phi) is 2.43. The number of fused-ring (bicyclic) bond motifs is 1. The molecule has 0 saturated carbocycles. The number of benzene rings is 1. The maximum Gasteiger partial charge on any atom is 0.142 e. The summed E-state index contributed by atoms with van der Waals surface area (Å²) in [4.78, 5) is 2.27. The van der Waals surface area contributed by atoms with Crippen LogP contribution in [0, 0.1) is 0 Å². The average Bonchev–Trinajstić information content (AvgIpc) is 2.18. The van der Waals surface area contributed by atoms with Crippen molar-refractivity contribution in [1.29, 1.82) is 0 Å². The van der Waals surface area contributed by atoms with E-state index in [4.69, 9.17) is 4.74 Å². The van der Waals surface area contributed by atoms with Gasteiger partial charge < -0.3 is 14.2 Å². The SMILES string of the molecule is CN1CCOc2ccc(S(=O)[O-])cc21. The third kappa shape index (κ3) is 1.60. The molecule has 1 aliphatic rings. The maximum atomic E-state index is 10.7. The normalized spacial score (nSPS) is 17.1. The number of ether oxygens (including phenoxy) is 1. The van der Waals surface area contributed by atoms with E-state index < -0.39 is 11.1 Å². The minimum Gasteiger partial charge on any atom is -0.768 e. The number of likely N-dealkylation sites (N-methyl/N-ethyl adjacent to an activating group) is 1. The van der Waals surface area contributed by atoms with Crippen molar-refractivity contribution in [2.45, 2.75) is 4.90 Å². The third-order valence-electron chi connectivity index (χ3n) is 2.22. The van der Waals surface area contributed by atoms with Crippen LogP contribution in [0.2, 0.25) is 0 Å². The van der Waals surface area contributed by atoms with E-state index in [1.54, 1.807) is 18.2 Å². The molecule has 0 N–H and O–H groups in total. The summed E-state index contributed by atoms with van der Waals surface area (Å²) in [7, 11) is 1.92. The highest BCUT2D eigenvalue weighted by Gasteiger charge is 2.14. The molecular weight excluding hydrogens is 202 g/mol. The average molecular weight is 212 g/mol. The molecule has 0 bridgehead atoms. The zero-order chi connectivity index (χ0) is 10.1. The predicted octanol–water partition coefficient (Wildman–Crippen LogP) is 0.753. The molecule has 1 unspecified atom stereocenters. The van der Waals surface area contributed by atoms with Crippen LogP contribution in [0.4, 0.5) is 5.69 Å². The lowest BCUT2D eigenvalue weighted by molar-refractivity contribution is 0.311. The van der Waals surface area contributed by atoms with Gasteiger partial charge in [0.15, 0.2) is 0 Å². The first-order valence-electron chi connectivity index (χ1n) is 4.26. The van der Waals surface area contributed by atoms with E-state index in [1.807, 2.05) is 11.9 Å². The van der Waals surface area contributed by atoms with Gasteiger partial charge in [-0.05, 0) is 29.3 Å². The molecular formula is C9H10NO3S-. The molecule has 5 heteroatoms. The van der Waals surface area contributed by atoms with Gasteiger partial charge in [0.2, 0.25) is 0 Å². The standard InChI is InChI=1S/C9H11NO3S/c1-10-4-5-13-9-3-2-7(14(11)12)6-8(9)10/h2-3,6H,4-5H2,1H3,(H,11,12)/p-1. The highest BCUT2D eigenvalue weighted by Crippen LogP contribution is 2.31. The van der Waals surface area contributed by atoms with Crippen molar-refractivity contribution in [2.24, 2.45) is 0 Å². The number of anilines is 1. The Morgan fingerprint density at radius 3 is 3.07 bits per heavy atom. The van der Waals surface area contributed by atoms with Crippen LogP contribution in [0.25, 0.3) is 0 Å². The predicted molar refractivity (Wildman–Crippen MR) is 52.4 cm³/mol. The van der Waals surface area contributed by atoms with E-state index >= 15 is 0 Å². The topological polar surface area (TPSA) is 52.6 Å². The van der Waals surface area contributed by atoms with Crippen LogP contribution < -0.4 is 9.64 Å². The van der Waals surface area contributed by atoms with Crippen molar-refractivity contribution in [3.8, 4) is 5.75 Å². The summed E-state index contributed by atoms with van der Waals surface area (Å²) in [6.45, 7) is 1.42. The second-order valence-corrected chi connectivity index (χ2v) is 4.08. The number of hydrogen-bond donors (Lipinski definition) is 0. The zero-order valence-electron chi connectivity index (χ0n) is 7.73. The van der Waals surface area contributed by atoms with Crippen molar-refractivity contribution < 1.29 is 13.5 Å². The van der Waals surface area contributed by atoms with Gasteiger partial charge in [-0.3, -0.25) is 4.21 Å². The van der Waals surface area contributed by atoms with Crippen molar-refractivity contribution in [1.82, 2.24) is 0 Å². The second-order valence-electron chi connectivity index (χ2n) is 3.13. The Labute approximate surface area is 84.8 Å². The fourth-order valence-electron chi connectivity index (χ4n) is 1.43. The summed E-state index contributed by atoms with van der Waals surface area (Å²) in [6.07, 6.45) is 0. The summed E-state index contributed by atoms with van der Waals surface area (Å²) >= 11 is -2.17. The summed E-state index contributed by atoms with van der Waals surface area (Å²) in [5.74, 6) is 0.743. The summed E-state index contributed by atoms with van der Waals surface area (Å²) in [6, 6.07) is 4.86. The fourth-order valence-corrected chi connectivity index (χ4v) is 1.82. The maximum absolute atomic E-state index is 10.7. The van der Waals surface area contributed by atoms with E-state index in [-0.39, 0.29) is 0 Å². The minimum absolute atomic E-state index is 0.293. The van der Waals surface area contributed by atoms with Crippen LogP contribution in [0.5, 0.6) is 5.75 Å². The highest BCUT2D eigenvalue weighted by molar-refractivity contribution is 7.79. The number of hydrogen-bond acceptors (Lipinski definition) is 4. The molecule has 1 aromatic carbocycles. The minimum atomic E-state index is -2.17. The molecule has 1 heterocycles. The number of rotatable bonds is 1. The van der Waals surface area contributed by atoms with E-state index in [0.29, 0.717) is 11.5 Å². The van der Waals surface area contributed by atoms with Gasteiger partial charge >= 0.3 is 0 Å². The Morgan fingerprint density at radius 1 is 1.57 bits per heavy atom. The lowest BCUT2D eigenvalue weighted by Gasteiger charge is -2.28. The Morgan fingerprint density at radius 2 is 2.36 bits per heavy atom. The van der Waals surface area contributed by atoms with Crippen molar-refractivity contribution in [2.75, 3.05) is 25.1 Å². The molecule has 0 spiro atoms. The van der Waals surface area contributed by atoms with Crippen molar-refractivity contribution in [3.05, 3.63) is 18.2 Å². The first-order chi connectivity index (χ1) is 6.68. The van der Waals surface area contributed by atoms with Crippen LogP contribution in [0.1, 0.15) is 0 Å². The zero-order valence-corrected chi connectivity index (χ0v) is 8.54. The van der Waals surface area contributed by atoms with Crippen LogP contribution in [0.3, 0.4) is 0 Å². The van der Waals surface area contributed by atoms with Gasteiger partial charge in [-0.1, -0.05) is 0 Å². The van der Waals surface area contributed by atoms with E-state index in [1.165, 1.54) is 0 Å². The fraction of sp³-hybridized carbons (Fsp3) is 0.333. The van der Waals surface area contributed by atoms with Gasteiger partial charge in [-0.15, -0.1) is 0 Å². The molecule has 0 aromatic heterocycles. The number of nitrogens with zero attached hydrogens (tertiary/aromatic N) is 1. The molecule has 14 heavy (non-hydrogen) atoms. The van der Waals surface area contributed by atoms with E-state index in [2.05, 4.69) is 0 Å². The molecule has 1 aromatic rings. The van der Waals surface area contributed by atoms with Gasteiger partial charge in [0.1, 0.15) is 12.4 Å². The van der Waals surface area contributed by atoms with Gasteiger partial charge in [0.05, 0.1) is 12.2 Å². The molecule has 1 atom stereocenters. The first-order valence-corrected chi connectivity index (χ1v) is 5.33. The molecule has 76 valence electrons. The lowest BCUT2D eigenvalue weighted by Crippen LogP contribution is -2.28. The highest BCUT2D eigenvalue weighted by atomic mass is 32.2.